The Labute approximate surface area is 99.4 Å². The summed E-state index contributed by atoms with van der Waals surface area (Å²) in [5.74, 6) is 0.765. The molecule has 0 bridgehead atoms. The number of hydrogen-bond acceptors (Lipinski definition) is 2. The molecule has 3 heteroatoms. The summed E-state index contributed by atoms with van der Waals surface area (Å²) in [5, 5.41) is 9.80. The van der Waals surface area contributed by atoms with Crippen molar-refractivity contribution >= 4 is 15.9 Å². The smallest absolute Gasteiger partial charge is 0.133 e. The Morgan fingerprint density at radius 3 is 2.47 bits per heavy atom. The van der Waals surface area contributed by atoms with Crippen molar-refractivity contribution in [3.8, 4) is 5.75 Å². The third kappa shape index (κ3) is 3.84. The predicted octanol–water partition coefficient (Wildman–Crippen LogP) is 3.23. The topological polar surface area (TPSA) is 29.5 Å². The van der Waals surface area contributed by atoms with E-state index in [-0.39, 0.29) is 5.41 Å². The molecule has 1 atom stereocenters. The molecule has 2 nitrogen and oxygen atoms in total. The van der Waals surface area contributed by atoms with Crippen LogP contribution in [0.4, 0.5) is 0 Å². The molecule has 0 radical (unpaired) electrons. The van der Waals surface area contributed by atoms with Crippen molar-refractivity contribution in [1.29, 1.82) is 0 Å². The zero-order valence-corrected chi connectivity index (χ0v) is 10.9. The number of halogens is 1. The first-order chi connectivity index (χ1) is 6.91. The second kappa shape index (κ2) is 4.99. The molecule has 0 aliphatic rings. The number of aliphatic hydroxyl groups excluding tert-OH is 1. The van der Waals surface area contributed by atoms with E-state index in [1.807, 2.05) is 45.0 Å². The van der Waals surface area contributed by atoms with Crippen LogP contribution in [0.15, 0.2) is 28.7 Å². The normalized spacial score (nSPS) is 13.7. The molecule has 0 aromatic heterocycles. The molecule has 0 aliphatic heterocycles. The second-order valence-electron chi connectivity index (χ2n) is 4.62. The van der Waals surface area contributed by atoms with Crippen LogP contribution in [0.3, 0.4) is 0 Å². The van der Waals surface area contributed by atoms with Crippen LogP contribution in [0.2, 0.25) is 0 Å². The van der Waals surface area contributed by atoms with Crippen molar-refractivity contribution in [3.05, 3.63) is 28.7 Å². The maximum absolute atomic E-state index is 9.80. The highest BCUT2D eigenvalue weighted by Crippen LogP contribution is 2.25. The molecule has 1 unspecified atom stereocenters. The average molecular weight is 273 g/mol. The van der Waals surface area contributed by atoms with Crippen LogP contribution in [0.25, 0.3) is 0 Å². The van der Waals surface area contributed by atoms with E-state index in [2.05, 4.69) is 15.9 Å². The van der Waals surface area contributed by atoms with Crippen LogP contribution in [0.1, 0.15) is 20.8 Å². The zero-order chi connectivity index (χ0) is 11.5. The quantitative estimate of drug-likeness (QED) is 0.916. The van der Waals surface area contributed by atoms with Crippen LogP contribution >= 0.6 is 15.9 Å². The molecule has 1 N–H and O–H groups in total. The first-order valence-corrected chi connectivity index (χ1v) is 5.76. The predicted molar refractivity (Wildman–Crippen MR) is 65.1 cm³/mol. The van der Waals surface area contributed by atoms with Gasteiger partial charge in [-0.05, 0) is 33.5 Å². The summed E-state index contributed by atoms with van der Waals surface area (Å²) in [6.07, 6.45) is -0.468. The van der Waals surface area contributed by atoms with Gasteiger partial charge in [0.05, 0.1) is 10.6 Å². The van der Waals surface area contributed by atoms with Crippen LogP contribution in [0, 0.1) is 5.41 Å². The van der Waals surface area contributed by atoms with Gasteiger partial charge in [-0.3, -0.25) is 0 Å². The number of rotatable bonds is 3. The average Bonchev–Trinajstić information content (AvgIpc) is 2.14. The molecule has 15 heavy (non-hydrogen) atoms. The van der Waals surface area contributed by atoms with Gasteiger partial charge in [0.25, 0.3) is 0 Å². The molecular weight excluding hydrogens is 256 g/mol. The fourth-order valence-corrected chi connectivity index (χ4v) is 1.38. The number of ether oxygens (including phenoxy) is 1. The van der Waals surface area contributed by atoms with Gasteiger partial charge >= 0.3 is 0 Å². The van der Waals surface area contributed by atoms with Crippen LogP contribution in [-0.2, 0) is 0 Å². The standard InChI is InChI=1S/C12H17BrO2/c1-12(2,3)11(14)8-15-10-7-5-4-6-9(10)13/h4-7,11,14H,8H2,1-3H3. The van der Waals surface area contributed by atoms with E-state index >= 15 is 0 Å². The van der Waals surface area contributed by atoms with Crippen molar-refractivity contribution in [1.82, 2.24) is 0 Å². The van der Waals surface area contributed by atoms with Crippen molar-refractivity contribution < 1.29 is 9.84 Å². The van der Waals surface area contributed by atoms with Crippen LogP contribution in [0.5, 0.6) is 5.75 Å². The number of hydrogen-bond donors (Lipinski definition) is 1. The fourth-order valence-electron chi connectivity index (χ4n) is 0.981. The van der Waals surface area contributed by atoms with Crippen molar-refractivity contribution in [2.24, 2.45) is 5.41 Å². The van der Waals surface area contributed by atoms with Crippen LogP contribution < -0.4 is 4.74 Å². The molecule has 1 aromatic rings. The Balaban J connectivity index is 2.55. The lowest BCUT2D eigenvalue weighted by atomic mass is 9.90. The van der Waals surface area contributed by atoms with Gasteiger partial charge in [0.15, 0.2) is 0 Å². The third-order valence-corrected chi connectivity index (χ3v) is 2.89. The molecule has 0 heterocycles. The van der Waals surface area contributed by atoms with Gasteiger partial charge in [-0.1, -0.05) is 32.9 Å². The number of para-hydroxylation sites is 1. The maximum atomic E-state index is 9.80. The Kier molecular flexibility index (Phi) is 4.17. The van der Waals surface area contributed by atoms with E-state index < -0.39 is 6.10 Å². The van der Waals surface area contributed by atoms with E-state index in [0.717, 1.165) is 10.2 Å². The summed E-state index contributed by atoms with van der Waals surface area (Å²) in [7, 11) is 0. The summed E-state index contributed by atoms with van der Waals surface area (Å²) in [4.78, 5) is 0. The van der Waals surface area contributed by atoms with Crippen molar-refractivity contribution in [3.63, 3.8) is 0 Å². The molecule has 0 spiro atoms. The van der Waals surface area contributed by atoms with Crippen LogP contribution in [-0.4, -0.2) is 17.8 Å². The van der Waals surface area contributed by atoms with Gasteiger partial charge in [-0.15, -0.1) is 0 Å². The summed E-state index contributed by atoms with van der Waals surface area (Å²) in [5.41, 5.74) is -0.152. The molecule has 0 amide bonds. The fraction of sp³-hybridized carbons (Fsp3) is 0.500. The zero-order valence-electron chi connectivity index (χ0n) is 9.33. The number of benzene rings is 1. The van der Waals surface area contributed by atoms with E-state index in [0.29, 0.717) is 6.61 Å². The lowest BCUT2D eigenvalue weighted by molar-refractivity contribution is 0.0216. The Morgan fingerprint density at radius 2 is 1.93 bits per heavy atom. The van der Waals surface area contributed by atoms with Gasteiger partial charge in [-0.2, -0.15) is 0 Å². The molecule has 0 aliphatic carbocycles. The minimum absolute atomic E-state index is 0.152. The minimum Gasteiger partial charge on any atom is -0.490 e. The molecule has 0 saturated carbocycles. The summed E-state index contributed by atoms with van der Waals surface area (Å²) < 4.78 is 6.44. The highest BCUT2D eigenvalue weighted by Gasteiger charge is 2.22. The van der Waals surface area contributed by atoms with E-state index in [1.54, 1.807) is 0 Å². The molecule has 1 rings (SSSR count). The van der Waals surface area contributed by atoms with E-state index in [1.165, 1.54) is 0 Å². The SMILES string of the molecule is CC(C)(C)C(O)COc1ccccc1Br. The third-order valence-electron chi connectivity index (χ3n) is 2.23. The van der Waals surface area contributed by atoms with Crippen molar-refractivity contribution in [2.75, 3.05) is 6.61 Å². The summed E-state index contributed by atoms with van der Waals surface area (Å²) in [6.45, 7) is 6.27. The Bertz CT molecular complexity index is 318. The monoisotopic (exact) mass is 272 g/mol. The Morgan fingerprint density at radius 1 is 1.33 bits per heavy atom. The second-order valence-corrected chi connectivity index (χ2v) is 5.48. The first kappa shape index (κ1) is 12.5. The molecule has 0 fully saturated rings. The summed E-state index contributed by atoms with van der Waals surface area (Å²) in [6, 6.07) is 7.62. The van der Waals surface area contributed by atoms with Gasteiger partial charge in [0.2, 0.25) is 0 Å². The lowest BCUT2D eigenvalue weighted by Gasteiger charge is -2.25. The molecule has 1 aromatic carbocycles. The van der Waals surface area contributed by atoms with Crippen molar-refractivity contribution in [2.45, 2.75) is 26.9 Å². The largest absolute Gasteiger partial charge is 0.490 e. The van der Waals surface area contributed by atoms with Gasteiger partial charge < -0.3 is 9.84 Å². The van der Waals surface area contributed by atoms with E-state index in [9.17, 15) is 5.11 Å². The first-order valence-electron chi connectivity index (χ1n) is 4.96. The summed E-state index contributed by atoms with van der Waals surface area (Å²) >= 11 is 3.39. The molecular formula is C12H17BrO2. The van der Waals surface area contributed by atoms with Gasteiger partial charge in [-0.25, -0.2) is 0 Å². The van der Waals surface area contributed by atoms with Gasteiger partial charge in [0.1, 0.15) is 12.4 Å². The van der Waals surface area contributed by atoms with E-state index in [4.69, 9.17) is 4.74 Å². The highest BCUT2D eigenvalue weighted by atomic mass is 79.9. The lowest BCUT2D eigenvalue weighted by Crippen LogP contribution is -2.31. The minimum atomic E-state index is -0.468. The molecule has 0 saturated heterocycles. The highest BCUT2D eigenvalue weighted by molar-refractivity contribution is 9.10. The number of aliphatic hydroxyl groups is 1. The molecule has 84 valence electrons. The maximum Gasteiger partial charge on any atom is 0.133 e. The Hall–Kier alpha value is -0.540. The van der Waals surface area contributed by atoms with Gasteiger partial charge in [0, 0.05) is 0 Å².